The number of anilines is 1. The molecule has 0 radical (unpaired) electrons. The number of sulfonamides is 1. The summed E-state index contributed by atoms with van der Waals surface area (Å²) in [5.41, 5.74) is 1.36. The average Bonchev–Trinajstić information content (AvgIpc) is 3.23. The number of hydrogen-bond acceptors (Lipinski definition) is 8. The first-order valence-electron chi connectivity index (χ1n) is 9.25. The quantitative estimate of drug-likeness (QED) is 0.507. The minimum atomic E-state index is -4.12. The molecule has 0 bridgehead atoms. The molecule has 1 aromatic heterocycles. The molecule has 0 aliphatic rings. The Morgan fingerprint density at radius 3 is 2.61 bits per heavy atom. The molecular formula is C19H19FN4O5S2. The molecule has 1 N–H and O–H groups in total. The van der Waals surface area contributed by atoms with Crippen LogP contribution < -0.4 is 5.32 Å². The van der Waals surface area contributed by atoms with Crippen molar-refractivity contribution in [3.8, 4) is 0 Å². The van der Waals surface area contributed by atoms with Crippen LogP contribution in [0.5, 0.6) is 0 Å². The van der Waals surface area contributed by atoms with E-state index >= 15 is 0 Å². The van der Waals surface area contributed by atoms with Gasteiger partial charge in [-0.25, -0.2) is 17.6 Å². The number of halogens is 1. The first kappa shape index (κ1) is 22.7. The third kappa shape index (κ3) is 4.86. The second-order valence-electron chi connectivity index (χ2n) is 6.30. The molecule has 0 fully saturated rings. The van der Waals surface area contributed by atoms with Gasteiger partial charge in [0.25, 0.3) is 5.91 Å². The molecule has 0 aliphatic carbocycles. The van der Waals surface area contributed by atoms with Crippen LogP contribution in [-0.2, 0) is 19.6 Å². The van der Waals surface area contributed by atoms with Crippen LogP contribution in [0.15, 0.2) is 41.3 Å². The summed E-state index contributed by atoms with van der Waals surface area (Å²) in [7, 11) is -4.12. The van der Waals surface area contributed by atoms with E-state index in [1.807, 2.05) is 0 Å². The number of esters is 1. The lowest BCUT2D eigenvalue weighted by Crippen LogP contribution is -2.31. The molecule has 2 aromatic carbocycles. The molecule has 3 aromatic rings. The van der Waals surface area contributed by atoms with E-state index < -0.39 is 39.2 Å². The summed E-state index contributed by atoms with van der Waals surface area (Å²) in [5, 5.41) is 2.58. The van der Waals surface area contributed by atoms with Crippen molar-refractivity contribution < 1.29 is 27.1 Å². The summed E-state index contributed by atoms with van der Waals surface area (Å²) in [5.74, 6) is -2.56. The number of rotatable bonds is 8. The van der Waals surface area contributed by atoms with Crippen molar-refractivity contribution >= 4 is 50.3 Å². The van der Waals surface area contributed by atoms with Crippen LogP contribution in [-0.4, -0.2) is 53.0 Å². The normalized spacial score (nSPS) is 11.6. The summed E-state index contributed by atoms with van der Waals surface area (Å²) in [6.07, 6.45) is 0. The summed E-state index contributed by atoms with van der Waals surface area (Å²) in [6, 6.07) is 7.95. The number of carbonyl (C=O) groups excluding carboxylic acids is 2. The summed E-state index contributed by atoms with van der Waals surface area (Å²) in [6.45, 7) is 2.92. The minimum absolute atomic E-state index is 0.147. The minimum Gasteiger partial charge on any atom is -0.452 e. The Morgan fingerprint density at radius 1 is 1.16 bits per heavy atom. The van der Waals surface area contributed by atoms with E-state index in [4.69, 9.17) is 4.74 Å². The van der Waals surface area contributed by atoms with Crippen molar-refractivity contribution in [3.05, 3.63) is 47.8 Å². The average molecular weight is 467 g/mol. The number of nitrogens with zero attached hydrogens (tertiary/aromatic N) is 3. The molecule has 164 valence electrons. The fourth-order valence-electron chi connectivity index (χ4n) is 2.84. The third-order valence-corrected chi connectivity index (χ3v) is 6.99. The SMILES string of the molecule is CCN(CC)S(=O)(=O)c1cc(C(=O)OCC(=O)Nc2cccc3nsnc23)ccc1F. The molecular weight excluding hydrogens is 447 g/mol. The second kappa shape index (κ2) is 9.45. The Balaban J connectivity index is 1.71. The molecule has 1 amide bonds. The largest absolute Gasteiger partial charge is 0.452 e. The van der Waals surface area contributed by atoms with Crippen LogP contribution in [0.4, 0.5) is 10.1 Å². The van der Waals surface area contributed by atoms with Gasteiger partial charge in [0.1, 0.15) is 21.7 Å². The van der Waals surface area contributed by atoms with Gasteiger partial charge in [0.2, 0.25) is 10.0 Å². The Kier molecular flexibility index (Phi) is 6.93. The smallest absolute Gasteiger partial charge is 0.338 e. The highest BCUT2D eigenvalue weighted by Crippen LogP contribution is 2.22. The Bertz CT molecular complexity index is 1230. The number of fused-ring (bicyclic) bond motifs is 1. The fraction of sp³-hybridized carbons (Fsp3) is 0.263. The zero-order chi connectivity index (χ0) is 22.6. The second-order valence-corrected chi connectivity index (χ2v) is 8.73. The van der Waals surface area contributed by atoms with Crippen molar-refractivity contribution in [2.75, 3.05) is 25.0 Å². The van der Waals surface area contributed by atoms with Gasteiger partial charge < -0.3 is 10.1 Å². The summed E-state index contributed by atoms with van der Waals surface area (Å²) < 4.78 is 53.6. The molecule has 9 nitrogen and oxygen atoms in total. The summed E-state index contributed by atoms with van der Waals surface area (Å²) >= 11 is 0.999. The van der Waals surface area contributed by atoms with Gasteiger partial charge in [-0.3, -0.25) is 4.79 Å². The van der Waals surface area contributed by atoms with Gasteiger partial charge in [-0.2, -0.15) is 13.1 Å². The Hall–Kier alpha value is -2.96. The van der Waals surface area contributed by atoms with E-state index in [2.05, 4.69) is 14.1 Å². The van der Waals surface area contributed by atoms with Crippen LogP contribution >= 0.6 is 11.7 Å². The molecule has 3 rings (SSSR count). The first-order chi connectivity index (χ1) is 14.8. The van der Waals surface area contributed by atoms with E-state index in [0.29, 0.717) is 16.7 Å². The van der Waals surface area contributed by atoms with Crippen molar-refractivity contribution in [1.29, 1.82) is 0 Å². The third-order valence-electron chi connectivity index (χ3n) is 4.38. The molecule has 0 spiro atoms. The number of hydrogen-bond donors (Lipinski definition) is 1. The van der Waals surface area contributed by atoms with Gasteiger partial charge in [0.05, 0.1) is 23.0 Å². The number of aromatic nitrogens is 2. The lowest BCUT2D eigenvalue weighted by atomic mass is 10.2. The van der Waals surface area contributed by atoms with Gasteiger partial charge in [-0.1, -0.05) is 19.9 Å². The van der Waals surface area contributed by atoms with Crippen molar-refractivity contribution in [2.45, 2.75) is 18.7 Å². The van der Waals surface area contributed by atoms with Crippen molar-refractivity contribution in [3.63, 3.8) is 0 Å². The topological polar surface area (TPSA) is 119 Å². The highest BCUT2D eigenvalue weighted by atomic mass is 32.2. The number of amides is 1. The van der Waals surface area contributed by atoms with Gasteiger partial charge in [0, 0.05) is 13.1 Å². The predicted molar refractivity (Wildman–Crippen MR) is 113 cm³/mol. The molecule has 0 saturated carbocycles. The van der Waals surface area contributed by atoms with Gasteiger partial charge in [-0.05, 0) is 30.3 Å². The van der Waals surface area contributed by atoms with Crippen LogP contribution in [0, 0.1) is 5.82 Å². The molecule has 0 atom stereocenters. The van der Waals surface area contributed by atoms with E-state index in [9.17, 15) is 22.4 Å². The highest BCUT2D eigenvalue weighted by Gasteiger charge is 2.27. The standard InChI is InChI=1S/C19H19FN4O5S2/c1-3-24(4-2)31(27,28)16-10-12(8-9-13(16)20)19(26)29-11-17(25)21-14-6-5-7-15-18(14)23-30-22-15/h5-10H,3-4,11H2,1-2H3,(H,21,25). The predicted octanol–water partition coefficient (Wildman–Crippen LogP) is 2.66. The van der Waals surface area contributed by atoms with Crippen LogP contribution in [0.1, 0.15) is 24.2 Å². The van der Waals surface area contributed by atoms with Crippen LogP contribution in [0.25, 0.3) is 11.0 Å². The zero-order valence-electron chi connectivity index (χ0n) is 16.7. The number of carbonyl (C=O) groups is 2. The van der Waals surface area contributed by atoms with Crippen molar-refractivity contribution in [2.24, 2.45) is 0 Å². The number of ether oxygens (including phenoxy) is 1. The molecule has 31 heavy (non-hydrogen) atoms. The fourth-order valence-corrected chi connectivity index (χ4v) is 4.94. The Morgan fingerprint density at radius 2 is 1.90 bits per heavy atom. The molecule has 0 unspecified atom stereocenters. The van der Waals surface area contributed by atoms with Gasteiger partial charge in [0.15, 0.2) is 6.61 Å². The summed E-state index contributed by atoms with van der Waals surface area (Å²) in [4.78, 5) is 23.9. The monoisotopic (exact) mass is 466 g/mol. The van der Waals surface area contributed by atoms with Gasteiger partial charge >= 0.3 is 5.97 Å². The maximum atomic E-state index is 14.2. The van der Waals surface area contributed by atoms with Crippen LogP contribution in [0.3, 0.4) is 0 Å². The van der Waals surface area contributed by atoms with Crippen molar-refractivity contribution in [1.82, 2.24) is 13.1 Å². The highest BCUT2D eigenvalue weighted by molar-refractivity contribution is 7.89. The Labute approximate surface area is 182 Å². The zero-order valence-corrected chi connectivity index (χ0v) is 18.3. The van der Waals surface area contributed by atoms with E-state index in [1.165, 1.54) is 0 Å². The molecule has 1 heterocycles. The van der Waals surface area contributed by atoms with E-state index in [-0.39, 0.29) is 18.7 Å². The molecule has 12 heteroatoms. The van der Waals surface area contributed by atoms with Gasteiger partial charge in [-0.15, -0.1) is 0 Å². The van der Waals surface area contributed by atoms with E-state index in [1.54, 1.807) is 32.0 Å². The molecule has 0 saturated heterocycles. The van der Waals surface area contributed by atoms with E-state index in [0.717, 1.165) is 34.2 Å². The number of benzene rings is 2. The maximum absolute atomic E-state index is 14.2. The first-order valence-corrected chi connectivity index (χ1v) is 11.4. The molecule has 0 aliphatic heterocycles. The van der Waals surface area contributed by atoms with Crippen LogP contribution in [0.2, 0.25) is 0 Å². The maximum Gasteiger partial charge on any atom is 0.338 e. The lowest BCUT2D eigenvalue weighted by Gasteiger charge is -2.19. The number of nitrogens with one attached hydrogen (secondary N) is 1. The lowest BCUT2D eigenvalue weighted by molar-refractivity contribution is -0.119.